The molecule has 0 unspecified atom stereocenters. The van der Waals surface area contributed by atoms with E-state index in [1.165, 1.54) is 33.2 Å². The summed E-state index contributed by atoms with van der Waals surface area (Å²) in [5.41, 5.74) is 6.31. The highest BCUT2D eigenvalue weighted by molar-refractivity contribution is 5.88. The van der Waals surface area contributed by atoms with Crippen LogP contribution >= 0.6 is 0 Å². The van der Waals surface area contributed by atoms with Gasteiger partial charge < -0.3 is 4.90 Å². The predicted octanol–water partition coefficient (Wildman–Crippen LogP) is 7.14. The number of rotatable bonds is 7. The molecule has 1 heterocycles. The maximum Gasteiger partial charge on any atom is 0.0378 e. The highest BCUT2D eigenvalue weighted by atomic mass is 15.1. The monoisotopic (exact) mass is 382 g/mol. The van der Waals surface area contributed by atoms with Gasteiger partial charge in [-0.05, 0) is 79.9 Å². The van der Waals surface area contributed by atoms with Crippen molar-refractivity contribution in [3.63, 3.8) is 0 Å². The fourth-order valence-electron chi connectivity index (χ4n) is 3.09. The first-order valence-corrected chi connectivity index (χ1v) is 10.1. The second kappa shape index (κ2) is 9.88. The molecule has 3 aromatic rings. The lowest BCUT2D eigenvalue weighted by Gasteiger charge is -2.23. The number of nitrogens with zero attached hydrogens (tertiary/aromatic N) is 2. The molecule has 0 amide bonds. The molecule has 0 saturated carbocycles. The van der Waals surface area contributed by atoms with Crippen LogP contribution in [0.15, 0.2) is 84.2 Å². The number of benzene rings is 2. The molecule has 0 atom stereocenters. The molecule has 0 bridgehead atoms. The number of allylic oxidation sites excluding steroid dienone is 2. The van der Waals surface area contributed by atoms with Crippen molar-refractivity contribution in [2.75, 3.05) is 18.0 Å². The van der Waals surface area contributed by atoms with Gasteiger partial charge in [-0.2, -0.15) is 0 Å². The van der Waals surface area contributed by atoms with Crippen molar-refractivity contribution in [3.05, 3.63) is 95.3 Å². The summed E-state index contributed by atoms with van der Waals surface area (Å²) in [4.78, 5) is 6.48. The molecule has 2 heteroatoms. The standard InChI is InChI=1S/C27H30N2/c1-21(2)13-17-29(18-14-22(3)4)27-10-9-25-19-24(7-8-26(25)20-27)6-5-23-11-15-28-16-12-23/h5-16,19-20H,17-18H2,1-4H3/b6-5+. The molecule has 0 aliphatic rings. The van der Waals surface area contributed by atoms with Gasteiger partial charge in [-0.25, -0.2) is 0 Å². The molecular formula is C27H30N2. The van der Waals surface area contributed by atoms with E-state index in [1.807, 2.05) is 24.5 Å². The van der Waals surface area contributed by atoms with Crippen LogP contribution in [0.5, 0.6) is 0 Å². The van der Waals surface area contributed by atoms with Gasteiger partial charge in [0, 0.05) is 31.2 Å². The topological polar surface area (TPSA) is 16.1 Å². The number of anilines is 1. The van der Waals surface area contributed by atoms with Gasteiger partial charge >= 0.3 is 0 Å². The first-order chi connectivity index (χ1) is 14.0. The van der Waals surface area contributed by atoms with Gasteiger partial charge in [0.15, 0.2) is 0 Å². The van der Waals surface area contributed by atoms with Crippen molar-refractivity contribution in [3.8, 4) is 0 Å². The zero-order valence-electron chi connectivity index (χ0n) is 17.9. The zero-order valence-corrected chi connectivity index (χ0v) is 17.9. The van der Waals surface area contributed by atoms with Gasteiger partial charge in [-0.3, -0.25) is 4.98 Å². The van der Waals surface area contributed by atoms with Crippen LogP contribution in [0.2, 0.25) is 0 Å². The van der Waals surface area contributed by atoms with Crippen LogP contribution in [-0.2, 0) is 0 Å². The Balaban J connectivity index is 1.85. The molecule has 0 fully saturated rings. The van der Waals surface area contributed by atoms with Crippen LogP contribution < -0.4 is 4.90 Å². The highest BCUT2D eigenvalue weighted by Crippen LogP contribution is 2.24. The summed E-state index contributed by atoms with van der Waals surface area (Å²) in [5.74, 6) is 0. The maximum absolute atomic E-state index is 4.06. The van der Waals surface area contributed by atoms with Gasteiger partial charge in [-0.15, -0.1) is 0 Å². The Kier molecular flexibility index (Phi) is 7.02. The number of fused-ring (bicyclic) bond motifs is 1. The number of hydrogen-bond acceptors (Lipinski definition) is 2. The van der Waals surface area contributed by atoms with Crippen molar-refractivity contribution in [1.29, 1.82) is 0 Å². The van der Waals surface area contributed by atoms with Crippen LogP contribution in [0.4, 0.5) is 5.69 Å². The Bertz CT molecular complexity index is 1010. The Hall–Kier alpha value is -3.13. The molecule has 2 nitrogen and oxygen atoms in total. The number of aromatic nitrogens is 1. The second-order valence-corrected chi connectivity index (χ2v) is 7.87. The van der Waals surface area contributed by atoms with E-state index in [4.69, 9.17) is 0 Å². The summed E-state index contributed by atoms with van der Waals surface area (Å²) < 4.78 is 0. The van der Waals surface area contributed by atoms with Gasteiger partial charge in [-0.1, -0.05) is 53.6 Å². The van der Waals surface area contributed by atoms with Crippen LogP contribution in [0.25, 0.3) is 22.9 Å². The van der Waals surface area contributed by atoms with Gasteiger partial charge in [0.1, 0.15) is 0 Å². The molecule has 0 saturated heterocycles. The van der Waals surface area contributed by atoms with Gasteiger partial charge in [0.05, 0.1) is 0 Å². The van der Waals surface area contributed by atoms with Crippen LogP contribution in [0.1, 0.15) is 38.8 Å². The van der Waals surface area contributed by atoms with E-state index in [0.717, 1.165) is 18.7 Å². The van der Waals surface area contributed by atoms with E-state index in [2.05, 4.69) is 98.3 Å². The Morgan fingerprint density at radius 2 is 1.31 bits per heavy atom. The molecule has 0 spiro atoms. The smallest absolute Gasteiger partial charge is 0.0378 e. The Morgan fingerprint density at radius 1 is 0.724 bits per heavy atom. The minimum Gasteiger partial charge on any atom is -0.364 e. The van der Waals surface area contributed by atoms with Crippen molar-refractivity contribution in [2.45, 2.75) is 27.7 Å². The molecule has 0 N–H and O–H groups in total. The first kappa shape index (κ1) is 20.6. The average molecular weight is 383 g/mol. The summed E-state index contributed by atoms with van der Waals surface area (Å²) in [6, 6.07) is 17.4. The maximum atomic E-state index is 4.06. The normalized spacial score (nSPS) is 10.9. The second-order valence-electron chi connectivity index (χ2n) is 7.87. The number of pyridine rings is 1. The largest absolute Gasteiger partial charge is 0.364 e. The molecule has 148 valence electrons. The third-order valence-electron chi connectivity index (χ3n) is 4.83. The summed E-state index contributed by atoms with van der Waals surface area (Å²) in [5, 5.41) is 2.53. The molecule has 0 aliphatic carbocycles. The van der Waals surface area contributed by atoms with Crippen LogP contribution in [0.3, 0.4) is 0 Å². The molecule has 29 heavy (non-hydrogen) atoms. The van der Waals surface area contributed by atoms with Crippen molar-refractivity contribution >= 4 is 28.6 Å². The quantitative estimate of drug-likeness (QED) is 0.404. The molecule has 2 aromatic carbocycles. The molecule has 0 aliphatic heterocycles. The van der Waals surface area contributed by atoms with Crippen LogP contribution in [-0.4, -0.2) is 18.1 Å². The lowest BCUT2D eigenvalue weighted by molar-refractivity contribution is 0.942. The molecule has 0 radical (unpaired) electrons. The third kappa shape index (κ3) is 6.18. The molecular weight excluding hydrogens is 352 g/mol. The minimum absolute atomic E-state index is 0.921. The Morgan fingerprint density at radius 3 is 1.97 bits per heavy atom. The first-order valence-electron chi connectivity index (χ1n) is 10.1. The molecule has 3 rings (SSSR count). The van der Waals surface area contributed by atoms with Crippen molar-refractivity contribution in [2.24, 2.45) is 0 Å². The third-order valence-corrected chi connectivity index (χ3v) is 4.83. The summed E-state index contributed by atoms with van der Waals surface area (Å²) in [6.07, 6.45) is 12.5. The SMILES string of the molecule is CC(C)=CCN(CC=C(C)C)c1ccc2cc(/C=C/c3ccncc3)ccc2c1. The average Bonchev–Trinajstić information content (AvgIpc) is 2.72. The minimum atomic E-state index is 0.921. The van der Waals surface area contributed by atoms with Gasteiger partial charge in [0.2, 0.25) is 0 Å². The lowest BCUT2D eigenvalue weighted by atomic mass is 10.0. The summed E-state index contributed by atoms with van der Waals surface area (Å²) in [6.45, 7) is 10.5. The van der Waals surface area contributed by atoms with E-state index in [0.29, 0.717) is 0 Å². The molecule has 1 aromatic heterocycles. The predicted molar refractivity (Wildman–Crippen MR) is 128 cm³/mol. The highest BCUT2D eigenvalue weighted by Gasteiger charge is 2.05. The van der Waals surface area contributed by atoms with Gasteiger partial charge in [0.25, 0.3) is 0 Å². The van der Waals surface area contributed by atoms with E-state index >= 15 is 0 Å². The van der Waals surface area contributed by atoms with Crippen molar-refractivity contribution in [1.82, 2.24) is 4.98 Å². The van der Waals surface area contributed by atoms with E-state index in [9.17, 15) is 0 Å². The van der Waals surface area contributed by atoms with Crippen LogP contribution in [0, 0.1) is 0 Å². The van der Waals surface area contributed by atoms with E-state index < -0.39 is 0 Å². The lowest BCUT2D eigenvalue weighted by Crippen LogP contribution is -2.23. The van der Waals surface area contributed by atoms with E-state index in [-0.39, 0.29) is 0 Å². The fourth-order valence-corrected chi connectivity index (χ4v) is 3.09. The number of hydrogen-bond donors (Lipinski definition) is 0. The summed E-state index contributed by atoms with van der Waals surface area (Å²) >= 11 is 0. The Labute approximate surface area is 174 Å². The fraction of sp³-hybridized carbons (Fsp3) is 0.222. The summed E-state index contributed by atoms with van der Waals surface area (Å²) in [7, 11) is 0. The van der Waals surface area contributed by atoms with Crippen molar-refractivity contribution < 1.29 is 0 Å². The zero-order chi connectivity index (χ0) is 20.6. The van der Waals surface area contributed by atoms with E-state index in [1.54, 1.807) is 0 Å².